The fraction of sp³-hybridized carbons (Fsp3) is 0.400. The summed E-state index contributed by atoms with van der Waals surface area (Å²) in [6.07, 6.45) is -5.61. The molecule has 1 aromatic rings. The van der Waals surface area contributed by atoms with Crippen molar-refractivity contribution in [2.75, 3.05) is 12.3 Å². The Labute approximate surface area is 108 Å². The van der Waals surface area contributed by atoms with E-state index in [9.17, 15) is 22.0 Å². The molecule has 0 aliphatic rings. The molecule has 0 aromatic heterocycles. The molecule has 0 saturated carbocycles. The van der Waals surface area contributed by atoms with Crippen molar-refractivity contribution in [2.24, 2.45) is 0 Å². The zero-order chi connectivity index (χ0) is 14.0. The summed E-state index contributed by atoms with van der Waals surface area (Å²) in [5.74, 6) is -4.86. The Bertz CT molecular complexity index is 421. The first-order valence-corrected chi connectivity index (χ1v) is 5.49. The largest absolute Gasteiger partial charge is 0.455 e. The second kappa shape index (κ2) is 5.40. The maximum atomic E-state index is 12.5. The summed E-state index contributed by atoms with van der Waals surface area (Å²) >= 11 is 3.09. The molecule has 0 unspecified atom stereocenters. The summed E-state index contributed by atoms with van der Waals surface area (Å²) in [6, 6.07) is 4.60. The third kappa shape index (κ3) is 3.55. The van der Waals surface area contributed by atoms with Gasteiger partial charge in [-0.25, -0.2) is 0 Å². The summed E-state index contributed by atoms with van der Waals surface area (Å²) in [6.45, 7) is -2.12. The van der Waals surface area contributed by atoms with Crippen molar-refractivity contribution in [3.8, 4) is 0 Å². The smallest absolute Gasteiger partial charge is 0.398 e. The van der Waals surface area contributed by atoms with Gasteiger partial charge in [-0.05, 0) is 27.6 Å². The number of benzene rings is 1. The second-order valence-electron chi connectivity index (χ2n) is 3.52. The number of alkyl halides is 5. The van der Waals surface area contributed by atoms with Crippen LogP contribution in [0.5, 0.6) is 0 Å². The molecule has 0 spiro atoms. The molecule has 0 aliphatic heterocycles. The lowest BCUT2D eigenvalue weighted by molar-refractivity contribution is -0.297. The summed E-state index contributed by atoms with van der Waals surface area (Å²) in [5, 5.41) is 0. The van der Waals surface area contributed by atoms with E-state index in [-0.39, 0.29) is 0 Å². The number of hydrogen-bond acceptors (Lipinski definition) is 2. The predicted molar refractivity (Wildman–Crippen MR) is 59.2 cm³/mol. The normalized spacial score (nSPS) is 12.8. The number of nitrogens with two attached hydrogens (primary N) is 1. The molecule has 102 valence electrons. The number of halogens is 6. The SMILES string of the molecule is Nc1cccc(COCC(F)(F)C(F)(F)F)c1Br. The summed E-state index contributed by atoms with van der Waals surface area (Å²) in [7, 11) is 0. The highest BCUT2D eigenvalue weighted by molar-refractivity contribution is 9.10. The van der Waals surface area contributed by atoms with Crippen LogP contribution in [0.3, 0.4) is 0 Å². The van der Waals surface area contributed by atoms with E-state index in [0.717, 1.165) is 0 Å². The van der Waals surface area contributed by atoms with Gasteiger partial charge in [-0.3, -0.25) is 0 Å². The molecule has 0 heterocycles. The molecule has 1 rings (SSSR count). The molecule has 0 radical (unpaired) electrons. The summed E-state index contributed by atoms with van der Waals surface area (Å²) in [4.78, 5) is 0. The summed E-state index contributed by atoms with van der Waals surface area (Å²) in [5.41, 5.74) is 6.26. The number of anilines is 1. The van der Waals surface area contributed by atoms with Crippen molar-refractivity contribution < 1.29 is 26.7 Å². The van der Waals surface area contributed by atoms with Crippen LogP contribution in [0.15, 0.2) is 22.7 Å². The first kappa shape index (κ1) is 15.2. The Balaban J connectivity index is 2.60. The van der Waals surface area contributed by atoms with E-state index in [2.05, 4.69) is 20.7 Å². The van der Waals surface area contributed by atoms with Crippen LogP contribution in [0, 0.1) is 0 Å². The van der Waals surface area contributed by atoms with Gasteiger partial charge in [0.15, 0.2) is 0 Å². The minimum atomic E-state index is -5.61. The third-order valence-corrected chi connectivity index (χ3v) is 3.03. The van der Waals surface area contributed by atoms with Crippen molar-refractivity contribution in [1.82, 2.24) is 0 Å². The van der Waals surface area contributed by atoms with Gasteiger partial charge in [-0.2, -0.15) is 22.0 Å². The van der Waals surface area contributed by atoms with Gasteiger partial charge in [0, 0.05) is 10.2 Å². The third-order valence-electron chi connectivity index (χ3n) is 2.06. The molecule has 0 saturated heterocycles. The highest BCUT2D eigenvalue weighted by Crippen LogP contribution is 2.35. The van der Waals surface area contributed by atoms with E-state index < -0.39 is 25.3 Å². The molecular formula is C10H9BrF5NO. The van der Waals surface area contributed by atoms with E-state index in [4.69, 9.17) is 5.73 Å². The van der Waals surface area contributed by atoms with Gasteiger partial charge in [0.25, 0.3) is 0 Å². The van der Waals surface area contributed by atoms with Crippen LogP contribution < -0.4 is 5.73 Å². The molecular weight excluding hydrogens is 325 g/mol. The standard InChI is InChI=1S/C10H9BrF5NO/c11-8-6(2-1-3-7(8)17)4-18-5-9(12,13)10(14,15)16/h1-3H,4-5,17H2. The van der Waals surface area contributed by atoms with Crippen LogP contribution in [0.1, 0.15) is 5.56 Å². The van der Waals surface area contributed by atoms with Crippen LogP contribution in [-0.2, 0) is 11.3 Å². The minimum Gasteiger partial charge on any atom is -0.398 e. The van der Waals surface area contributed by atoms with Crippen LogP contribution in [0.2, 0.25) is 0 Å². The lowest BCUT2D eigenvalue weighted by atomic mass is 10.2. The molecule has 0 fully saturated rings. The lowest BCUT2D eigenvalue weighted by Crippen LogP contribution is -2.40. The van der Waals surface area contributed by atoms with E-state index in [0.29, 0.717) is 15.7 Å². The zero-order valence-electron chi connectivity index (χ0n) is 8.90. The van der Waals surface area contributed by atoms with E-state index in [1.807, 2.05) is 0 Å². The van der Waals surface area contributed by atoms with Crippen molar-refractivity contribution in [1.29, 1.82) is 0 Å². The molecule has 18 heavy (non-hydrogen) atoms. The Morgan fingerprint density at radius 3 is 2.33 bits per heavy atom. The minimum absolute atomic E-state index is 0.346. The lowest BCUT2D eigenvalue weighted by Gasteiger charge is -2.19. The fourth-order valence-corrected chi connectivity index (χ4v) is 1.46. The van der Waals surface area contributed by atoms with E-state index in [1.165, 1.54) is 6.07 Å². The Morgan fingerprint density at radius 1 is 1.17 bits per heavy atom. The number of nitrogen functional groups attached to an aromatic ring is 1. The number of rotatable bonds is 4. The second-order valence-corrected chi connectivity index (χ2v) is 4.31. The molecule has 2 N–H and O–H groups in total. The zero-order valence-corrected chi connectivity index (χ0v) is 10.5. The van der Waals surface area contributed by atoms with Gasteiger partial charge < -0.3 is 10.5 Å². The number of ether oxygens (including phenoxy) is 1. The van der Waals surface area contributed by atoms with Crippen molar-refractivity contribution >= 4 is 21.6 Å². The summed E-state index contributed by atoms with van der Waals surface area (Å²) < 4.78 is 65.4. The maximum Gasteiger partial charge on any atom is 0.455 e. The highest BCUT2D eigenvalue weighted by atomic mass is 79.9. The van der Waals surface area contributed by atoms with Crippen LogP contribution in [0.25, 0.3) is 0 Å². The van der Waals surface area contributed by atoms with Crippen LogP contribution >= 0.6 is 15.9 Å². The predicted octanol–water partition coefficient (Wildman–Crippen LogP) is 3.75. The van der Waals surface area contributed by atoms with Crippen LogP contribution in [-0.4, -0.2) is 18.7 Å². The maximum absolute atomic E-state index is 12.5. The Hall–Kier alpha value is -0.890. The quantitative estimate of drug-likeness (QED) is 0.672. The fourth-order valence-electron chi connectivity index (χ4n) is 1.08. The average molecular weight is 334 g/mol. The molecule has 0 aliphatic carbocycles. The van der Waals surface area contributed by atoms with Gasteiger partial charge in [0.05, 0.1) is 6.61 Å². The van der Waals surface area contributed by atoms with E-state index in [1.54, 1.807) is 12.1 Å². The van der Waals surface area contributed by atoms with Crippen molar-refractivity contribution in [3.63, 3.8) is 0 Å². The molecule has 0 amide bonds. The highest BCUT2D eigenvalue weighted by Gasteiger charge is 2.57. The van der Waals surface area contributed by atoms with Crippen molar-refractivity contribution in [2.45, 2.75) is 18.7 Å². The van der Waals surface area contributed by atoms with Crippen molar-refractivity contribution in [3.05, 3.63) is 28.2 Å². The monoisotopic (exact) mass is 333 g/mol. The van der Waals surface area contributed by atoms with Gasteiger partial charge >= 0.3 is 12.1 Å². The van der Waals surface area contributed by atoms with Gasteiger partial charge in [-0.1, -0.05) is 12.1 Å². The average Bonchev–Trinajstić information content (AvgIpc) is 2.22. The Kier molecular flexibility index (Phi) is 4.55. The molecule has 8 heteroatoms. The molecule has 2 nitrogen and oxygen atoms in total. The molecule has 0 atom stereocenters. The van der Waals surface area contributed by atoms with Gasteiger partial charge in [0.2, 0.25) is 0 Å². The first-order valence-electron chi connectivity index (χ1n) is 4.70. The molecule has 0 bridgehead atoms. The number of hydrogen-bond donors (Lipinski definition) is 1. The first-order chi connectivity index (χ1) is 8.15. The Morgan fingerprint density at radius 2 is 1.78 bits per heavy atom. The van der Waals surface area contributed by atoms with Gasteiger partial charge in [-0.15, -0.1) is 0 Å². The van der Waals surface area contributed by atoms with Crippen LogP contribution in [0.4, 0.5) is 27.6 Å². The molecule has 1 aromatic carbocycles. The topological polar surface area (TPSA) is 35.2 Å². The van der Waals surface area contributed by atoms with Gasteiger partial charge in [0.1, 0.15) is 6.61 Å². The van der Waals surface area contributed by atoms with E-state index >= 15 is 0 Å².